The molecule has 3 nitrogen and oxygen atoms in total. The number of rotatable bonds is 4. The van der Waals surface area contributed by atoms with E-state index in [9.17, 15) is 4.79 Å². The maximum atomic E-state index is 12.5. The smallest absolute Gasteiger partial charge is 0.253 e. The fourth-order valence-corrected chi connectivity index (χ4v) is 3.79. The quantitative estimate of drug-likeness (QED) is 0.881. The second-order valence-electron chi connectivity index (χ2n) is 6.60. The highest BCUT2D eigenvalue weighted by atomic mass is 16.1. The Balaban J connectivity index is 1.70. The van der Waals surface area contributed by atoms with Crippen molar-refractivity contribution in [2.45, 2.75) is 51.6 Å². The minimum atomic E-state index is 0.0753. The Morgan fingerprint density at radius 3 is 2.65 bits per heavy atom. The number of fused-ring (bicyclic) bond motifs is 2. The Kier molecular flexibility index (Phi) is 3.68. The topological polar surface area (TPSA) is 41.1 Å². The van der Waals surface area contributed by atoms with E-state index in [4.69, 9.17) is 0 Å². The number of amides is 1. The maximum Gasteiger partial charge on any atom is 0.253 e. The lowest BCUT2D eigenvalue weighted by atomic mass is 9.95. The van der Waals surface area contributed by atoms with E-state index in [0.29, 0.717) is 18.0 Å². The zero-order valence-corrected chi connectivity index (χ0v) is 12.4. The van der Waals surface area contributed by atoms with Crippen molar-refractivity contribution in [3.8, 4) is 0 Å². The van der Waals surface area contributed by atoms with Gasteiger partial charge in [-0.3, -0.25) is 4.79 Å². The van der Waals surface area contributed by atoms with Crippen molar-refractivity contribution in [3.05, 3.63) is 29.8 Å². The van der Waals surface area contributed by atoms with Crippen LogP contribution in [-0.4, -0.2) is 18.0 Å². The molecule has 0 radical (unpaired) electrons. The van der Waals surface area contributed by atoms with Crippen LogP contribution in [0.2, 0.25) is 0 Å². The molecule has 3 atom stereocenters. The highest BCUT2D eigenvalue weighted by molar-refractivity contribution is 5.99. The van der Waals surface area contributed by atoms with Gasteiger partial charge < -0.3 is 10.6 Å². The van der Waals surface area contributed by atoms with Crippen molar-refractivity contribution in [2.75, 3.05) is 5.32 Å². The van der Waals surface area contributed by atoms with Crippen LogP contribution in [0, 0.1) is 11.8 Å². The summed E-state index contributed by atoms with van der Waals surface area (Å²) in [6.45, 7) is 4.18. The third-order valence-electron chi connectivity index (χ3n) is 4.67. The van der Waals surface area contributed by atoms with Gasteiger partial charge in [0, 0.05) is 17.8 Å². The van der Waals surface area contributed by atoms with Gasteiger partial charge in [-0.25, -0.2) is 0 Å². The van der Waals surface area contributed by atoms with Crippen molar-refractivity contribution in [3.63, 3.8) is 0 Å². The molecule has 108 valence electrons. The number of anilines is 1. The van der Waals surface area contributed by atoms with Crippen LogP contribution >= 0.6 is 0 Å². The van der Waals surface area contributed by atoms with Gasteiger partial charge in [0.2, 0.25) is 0 Å². The molecule has 0 heterocycles. The number of para-hydroxylation sites is 1. The van der Waals surface area contributed by atoms with Crippen LogP contribution in [0.5, 0.6) is 0 Å². The Morgan fingerprint density at radius 1 is 1.20 bits per heavy atom. The molecule has 2 saturated carbocycles. The van der Waals surface area contributed by atoms with Crippen molar-refractivity contribution in [1.29, 1.82) is 0 Å². The molecule has 0 aliphatic heterocycles. The predicted octanol–water partition coefficient (Wildman–Crippen LogP) is 3.43. The number of benzene rings is 1. The third-order valence-corrected chi connectivity index (χ3v) is 4.67. The summed E-state index contributed by atoms with van der Waals surface area (Å²) >= 11 is 0. The van der Waals surface area contributed by atoms with E-state index in [-0.39, 0.29) is 5.91 Å². The van der Waals surface area contributed by atoms with Gasteiger partial charge in [-0.15, -0.1) is 0 Å². The van der Waals surface area contributed by atoms with Gasteiger partial charge in [-0.05, 0) is 57.1 Å². The minimum absolute atomic E-state index is 0.0753. The molecule has 3 unspecified atom stereocenters. The average Bonchev–Trinajstić information content (AvgIpc) is 3.00. The molecule has 2 bridgehead atoms. The second kappa shape index (κ2) is 5.47. The standard InChI is InChI=1S/C17H24N2O/c1-11(2)18-15-6-4-3-5-14(15)17(20)19-16-10-12-7-8-13(16)9-12/h3-6,11-13,16,18H,7-10H2,1-2H3,(H,19,20). The van der Waals surface area contributed by atoms with E-state index in [2.05, 4.69) is 24.5 Å². The molecule has 2 aliphatic carbocycles. The molecule has 3 rings (SSSR count). The Morgan fingerprint density at radius 2 is 2.00 bits per heavy atom. The number of carbonyl (C=O) groups is 1. The lowest BCUT2D eigenvalue weighted by molar-refractivity contribution is 0.0923. The molecular weight excluding hydrogens is 248 g/mol. The highest BCUT2D eigenvalue weighted by Crippen LogP contribution is 2.44. The maximum absolute atomic E-state index is 12.5. The van der Waals surface area contributed by atoms with Crippen LogP contribution < -0.4 is 10.6 Å². The van der Waals surface area contributed by atoms with Crippen LogP contribution in [0.25, 0.3) is 0 Å². The van der Waals surface area contributed by atoms with E-state index in [1.165, 1.54) is 25.7 Å². The first-order valence-electron chi connectivity index (χ1n) is 7.80. The van der Waals surface area contributed by atoms with Gasteiger partial charge in [0.25, 0.3) is 5.91 Å². The Hall–Kier alpha value is -1.51. The van der Waals surface area contributed by atoms with Crippen molar-refractivity contribution in [1.82, 2.24) is 5.32 Å². The number of hydrogen-bond donors (Lipinski definition) is 2. The summed E-state index contributed by atoms with van der Waals surface area (Å²) in [6, 6.07) is 8.52. The first kappa shape index (κ1) is 13.5. The summed E-state index contributed by atoms with van der Waals surface area (Å²) in [5.74, 6) is 1.65. The molecule has 2 fully saturated rings. The molecule has 20 heavy (non-hydrogen) atoms. The number of nitrogens with one attached hydrogen (secondary N) is 2. The van der Waals surface area contributed by atoms with Crippen LogP contribution in [0.3, 0.4) is 0 Å². The minimum Gasteiger partial charge on any atom is -0.382 e. The molecule has 1 amide bonds. The van der Waals surface area contributed by atoms with Crippen molar-refractivity contribution >= 4 is 11.6 Å². The van der Waals surface area contributed by atoms with Crippen LogP contribution in [-0.2, 0) is 0 Å². The molecule has 0 spiro atoms. The predicted molar refractivity (Wildman–Crippen MR) is 81.9 cm³/mol. The summed E-state index contributed by atoms with van der Waals surface area (Å²) in [5, 5.41) is 6.61. The van der Waals surface area contributed by atoms with Gasteiger partial charge in [-0.2, -0.15) is 0 Å². The van der Waals surface area contributed by atoms with Gasteiger partial charge in [0.1, 0.15) is 0 Å². The van der Waals surface area contributed by atoms with Crippen molar-refractivity contribution < 1.29 is 4.79 Å². The van der Waals surface area contributed by atoms with E-state index < -0.39 is 0 Å². The average molecular weight is 272 g/mol. The monoisotopic (exact) mass is 272 g/mol. The fourth-order valence-electron chi connectivity index (χ4n) is 3.79. The molecule has 3 heteroatoms. The van der Waals surface area contributed by atoms with Crippen LogP contribution in [0.4, 0.5) is 5.69 Å². The van der Waals surface area contributed by atoms with E-state index in [1.807, 2.05) is 24.3 Å². The second-order valence-corrected chi connectivity index (χ2v) is 6.60. The normalized spacial score (nSPS) is 27.9. The highest BCUT2D eigenvalue weighted by Gasteiger charge is 2.40. The first-order valence-corrected chi connectivity index (χ1v) is 7.80. The lowest BCUT2D eigenvalue weighted by Gasteiger charge is -2.23. The third kappa shape index (κ3) is 2.67. The Bertz CT molecular complexity index is 498. The molecule has 1 aromatic carbocycles. The van der Waals surface area contributed by atoms with Crippen LogP contribution in [0.15, 0.2) is 24.3 Å². The zero-order valence-electron chi connectivity index (χ0n) is 12.4. The summed E-state index contributed by atoms with van der Waals surface area (Å²) < 4.78 is 0. The first-order chi connectivity index (χ1) is 9.63. The van der Waals surface area contributed by atoms with Gasteiger partial charge >= 0.3 is 0 Å². The van der Waals surface area contributed by atoms with Crippen molar-refractivity contribution in [2.24, 2.45) is 11.8 Å². The van der Waals surface area contributed by atoms with Gasteiger partial charge in [-0.1, -0.05) is 18.6 Å². The van der Waals surface area contributed by atoms with Crippen LogP contribution in [0.1, 0.15) is 49.9 Å². The molecule has 0 aromatic heterocycles. The molecular formula is C17H24N2O. The van der Waals surface area contributed by atoms with E-state index >= 15 is 0 Å². The van der Waals surface area contributed by atoms with E-state index in [1.54, 1.807) is 0 Å². The SMILES string of the molecule is CC(C)Nc1ccccc1C(=O)NC1CC2CCC1C2. The zero-order chi connectivity index (χ0) is 14.1. The van der Waals surface area contributed by atoms with Gasteiger partial charge in [0.15, 0.2) is 0 Å². The van der Waals surface area contributed by atoms with E-state index in [0.717, 1.165) is 17.2 Å². The lowest BCUT2D eigenvalue weighted by Crippen LogP contribution is -2.38. The molecule has 2 N–H and O–H groups in total. The Labute approximate surface area is 121 Å². The molecule has 0 saturated heterocycles. The fraction of sp³-hybridized carbons (Fsp3) is 0.588. The molecule has 2 aliphatic rings. The summed E-state index contributed by atoms with van der Waals surface area (Å²) in [5.41, 5.74) is 1.70. The largest absolute Gasteiger partial charge is 0.382 e. The van der Waals surface area contributed by atoms with Gasteiger partial charge in [0.05, 0.1) is 5.56 Å². The molecule has 1 aromatic rings. The number of carbonyl (C=O) groups excluding carboxylic acids is 1. The summed E-state index contributed by atoms with van der Waals surface area (Å²) in [6.07, 6.45) is 5.15. The summed E-state index contributed by atoms with van der Waals surface area (Å²) in [7, 11) is 0. The summed E-state index contributed by atoms with van der Waals surface area (Å²) in [4.78, 5) is 12.5. The number of hydrogen-bond acceptors (Lipinski definition) is 2.